The maximum atomic E-state index is 12.8. The van der Waals surface area contributed by atoms with Gasteiger partial charge in [0.1, 0.15) is 6.61 Å². The summed E-state index contributed by atoms with van der Waals surface area (Å²) in [5, 5.41) is 6.94. The van der Waals surface area contributed by atoms with Crippen LogP contribution in [0.3, 0.4) is 0 Å². The van der Waals surface area contributed by atoms with Crippen molar-refractivity contribution in [3.63, 3.8) is 0 Å². The summed E-state index contributed by atoms with van der Waals surface area (Å²) in [6.07, 6.45) is 1.50. The van der Waals surface area contributed by atoms with Crippen LogP contribution in [0.15, 0.2) is 96.1 Å². The molecule has 0 atom stereocenters. The third kappa shape index (κ3) is 9.09. The lowest BCUT2D eigenvalue weighted by Crippen LogP contribution is -2.20. The van der Waals surface area contributed by atoms with Gasteiger partial charge in [0.15, 0.2) is 29.6 Å². The summed E-state index contributed by atoms with van der Waals surface area (Å²) in [5.74, 6) is 1.20. The first-order valence-corrected chi connectivity index (χ1v) is 14.0. The van der Waals surface area contributed by atoms with Crippen molar-refractivity contribution in [2.75, 3.05) is 25.1 Å². The predicted molar refractivity (Wildman–Crippen MR) is 166 cm³/mol. The standard InChI is InChI=1S/C34H35N3O6/c1-4-40-31-19-26(15-17-29(31)43-23-33(38)36-28-14-10-9-11-24(28)3)21-35-37-34(39)27-16-18-30(32(20-27)41-5-2)42-22-25-12-7-6-8-13-25/h6-21H,4-5,22-23H2,1-3H3,(H,36,38)(H,37,39)/b35-21+. The van der Waals surface area contributed by atoms with Gasteiger partial charge in [0.05, 0.1) is 19.4 Å². The van der Waals surface area contributed by atoms with E-state index in [4.69, 9.17) is 18.9 Å². The molecule has 0 bridgehead atoms. The van der Waals surface area contributed by atoms with Crippen LogP contribution in [0.2, 0.25) is 0 Å². The molecule has 0 aromatic heterocycles. The molecule has 0 spiro atoms. The quantitative estimate of drug-likeness (QED) is 0.137. The van der Waals surface area contributed by atoms with Gasteiger partial charge in [-0.1, -0.05) is 48.5 Å². The number of carbonyl (C=O) groups excluding carboxylic acids is 2. The molecule has 9 heteroatoms. The molecule has 4 aromatic carbocycles. The lowest BCUT2D eigenvalue weighted by Gasteiger charge is -2.13. The Morgan fingerprint density at radius 1 is 0.744 bits per heavy atom. The van der Waals surface area contributed by atoms with Crippen LogP contribution in [-0.2, 0) is 11.4 Å². The average Bonchev–Trinajstić information content (AvgIpc) is 3.02. The summed E-state index contributed by atoms with van der Waals surface area (Å²) in [4.78, 5) is 25.2. The number of anilines is 1. The van der Waals surface area contributed by atoms with Crippen molar-refractivity contribution < 1.29 is 28.5 Å². The largest absolute Gasteiger partial charge is 0.490 e. The fourth-order valence-corrected chi connectivity index (χ4v) is 4.04. The number of para-hydroxylation sites is 1. The number of rotatable bonds is 14. The van der Waals surface area contributed by atoms with Crippen molar-refractivity contribution in [1.29, 1.82) is 0 Å². The number of nitrogens with zero attached hydrogens (tertiary/aromatic N) is 1. The summed E-state index contributed by atoms with van der Waals surface area (Å²) in [6.45, 7) is 6.65. The topological polar surface area (TPSA) is 107 Å². The van der Waals surface area contributed by atoms with Crippen LogP contribution in [0.4, 0.5) is 5.69 Å². The summed E-state index contributed by atoms with van der Waals surface area (Å²) >= 11 is 0. The lowest BCUT2D eigenvalue weighted by molar-refractivity contribution is -0.118. The van der Waals surface area contributed by atoms with Crippen molar-refractivity contribution in [1.82, 2.24) is 5.43 Å². The number of hydrazone groups is 1. The minimum atomic E-state index is -0.406. The molecule has 43 heavy (non-hydrogen) atoms. The molecular weight excluding hydrogens is 546 g/mol. The number of carbonyl (C=O) groups is 2. The normalized spacial score (nSPS) is 10.7. The first kappa shape index (κ1) is 30.6. The fraction of sp³-hybridized carbons (Fsp3) is 0.206. The van der Waals surface area contributed by atoms with Crippen molar-refractivity contribution in [2.45, 2.75) is 27.4 Å². The maximum Gasteiger partial charge on any atom is 0.271 e. The number of hydrogen-bond donors (Lipinski definition) is 2. The SMILES string of the molecule is CCOc1cc(/C=N/NC(=O)c2ccc(OCc3ccccc3)c(OCC)c2)ccc1OCC(=O)Nc1ccccc1C. The van der Waals surface area contributed by atoms with E-state index in [0.29, 0.717) is 53.9 Å². The monoisotopic (exact) mass is 581 g/mol. The number of benzene rings is 4. The van der Waals surface area contributed by atoms with Crippen LogP contribution >= 0.6 is 0 Å². The highest BCUT2D eigenvalue weighted by Gasteiger charge is 2.13. The molecule has 2 amide bonds. The zero-order valence-corrected chi connectivity index (χ0v) is 24.5. The van der Waals surface area contributed by atoms with Gasteiger partial charge in [0, 0.05) is 11.3 Å². The van der Waals surface area contributed by atoms with Crippen LogP contribution < -0.4 is 29.7 Å². The third-order valence-electron chi connectivity index (χ3n) is 6.17. The van der Waals surface area contributed by atoms with Gasteiger partial charge in [0.2, 0.25) is 0 Å². The van der Waals surface area contributed by atoms with Crippen LogP contribution in [0.1, 0.15) is 40.9 Å². The zero-order chi connectivity index (χ0) is 30.4. The molecule has 0 radical (unpaired) electrons. The molecule has 0 unspecified atom stereocenters. The molecule has 4 aromatic rings. The highest BCUT2D eigenvalue weighted by Crippen LogP contribution is 2.30. The lowest BCUT2D eigenvalue weighted by atomic mass is 10.2. The molecule has 0 heterocycles. The molecule has 2 N–H and O–H groups in total. The maximum absolute atomic E-state index is 12.8. The van der Waals surface area contributed by atoms with Crippen LogP contribution in [0, 0.1) is 6.92 Å². The Kier molecular flexibility index (Phi) is 11.1. The van der Waals surface area contributed by atoms with Gasteiger partial charge in [-0.05, 0) is 79.9 Å². The Balaban J connectivity index is 1.35. The minimum absolute atomic E-state index is 0.183. The fourth-order valence-electron chi connectivity index (χ4n) is 4.04. The van der Waals surface area contributed by atoms with Crippen molar-refractivity contribution in [3.05, 3.63) is 113 Å². The first-order chi connectivity index (χ1) is 21.0. The molecule has 222 valence electrons. The van der Waals surface area contributed by atoms with E-state index in [9.17, 15) is 9.59 Å². The second-order valence-corrected chi connectivity index (χ2v) is 9.36. The Labute approximate surface area is 251 Å². The molecule has 0 fully saturated rings. The number of amides is 2. The molecule has 9 nitrogen and oxygen atoms in total. The van der Waals surface area contributed by atoms with E-state index >= 15 is 0 Å². The Bertz CT molecular complexity index is 1560. The summed E-state index contributed by atoms with van der Waals surface area (Å²) in [5.41, 5.74) is 6.29. The van der Waals surface area contributed by atoms with Crippen LogP contribution in [0.5, 0.6) is 23.0 Å². The van der Waals surface area contributed by atoms with Gasteiger partial charge in [-0.15, -0.1) is 0 Å². The van der Waals surface area contributed by atoms with Crippen molar-refractivity contribution in [3.8, 4) is 23.0 Å². The van der Waals surface area contributed by atoms with E-state index in [1.807, 2.05) is 75.4 Å². The summed E-state index contributed by atoms with van der Waals surface area (Å²) < 4.78 is 23.1. The molecule has 0 aliphatic heterocycles. The van der Waals surface area contributed by atoms with E-state index in [0.717, 1.165) is 16.8 Å². The van der Waals surface area contributed by atoms with Gasteiger partial charge < -0.3 is 24.3 Å². The summed E-state index contributed by atoms with van der Waals surface area (Å²) in [6, 6.07) is 27.5. The summed E-state index contributed by atoms with van der Waals surface area (Å²) in [7, 11) is 0. The van der Waals surface area contributed by atoms with E-state index in [2.05, 4.69) is 15.8 Å². The molecule has 0 aliphatic rings. The number of hydrogen-bond acceptors (Lipinski definition) is 7. The van der Waals surface area contributed by atoms with E-state index in [1.165, 1.54) is 6.21 Å². The molecule has 0 saturated heterocycles. The number of nitrogens with one attached hydrogen (secondary N) is 2. The minimum Gasteiger partial charge on any atom is -0.490 e. The Hall–Kier alpha value is -5.31. The van der Waals surface area contributed by atoms with Crippen LogP contribution in [0.25, 0.3) is 0 Å². The van der Waals surface area contributed by atoms with Crippen molar-refractivity contribution in [2.24, 2.45) is 5.10 Å². The van der Waals surface area contributed by atoms with E-state index < -0.39 is 5.91 Å². The molecular formula is C34H35N3O6. The predicted octanol–water partition coefficient (Wildman–Crippen LogP) is 6.15. The van der Waals surface area contributed by atoms with Crippen molar-refractivity contribution >= 4 is 23.7 Å². The third-order valence-corrected chi connectivity index (χ3v) is 6.17. The van der Waals surface area contributed by atoms with E-state index in [1.54, 1.807) is 36.4 Å². The first-order valence-electron chi connectivity index (χ1n) is 14.0. The highest BCUT2D eigenvalue weighted by molar-refractivity contribution is 5.95. The average molecular weight is 582 g/mol. The zero-order valence-electron chi connectivity index (χ0n) is 24.5. The second kappa shape index (κ2) is 15.6. The van der Waals surface area contributed by atoms with Crippen LogP contribution in [-0.4, -0.2) is 37.8 Å². The Morgan fingerprint density at radius 3 is 2.16 bits per heavy atom. The molecule has 0 saturated carbocycles. The van der Waals surface area contributed by atoms with Gasteiger partial charge in [-0.3, -0.25) is 9.59 Å². The second-order valence-electron chi connectivity index (χ2n) is 9.36. The van der Waals surface area contributed by atoms with Gasteiger partial charge in [-0.2, -0.15) is 5.10 Å². The van der Waals surface area contributed by atoms with E-state index in [-0.39, 0.29) is 12.5 Å². The van der Waals surface area contributed by atoms with Gasteiger partial charge in [-0.25, -0.2) is 5.43 Å². The smallest absolute Gasteiger partial charge is 0.271 e. The number of ether oxygens (including phenoxy) is 4. The molecule has 4 rings (SSSR count). The number of aryl methyl sites for hydroxylation is 1. The van der Waals surface area contributed by atoms with Gasteiger partial charge >= 0.3 is 0 Å². The van der Waals surface area contributed by atoms with Gasteiger partial charge in [0.25, 0.3) is 11.8 Å². The Morgan fingerprint density at radius 2 is 1.42 bits per heavy atom. The highest BCUT2D eigenvalue weighted by atomic mass is 16.5. The molecule has 0 aliphatic carbocycles.